The number of fused-ring (bicyclic) bond motifs is 1. The number of benzene rings is 1. The van der Waals surface area contributed by atoms with Gasteiger partial charge in [0, 0.05) is 0 Å². The summed E-state index contributed by atoms with van der Waals surface area (Å²) in [4.78, 5) is 13.3. The fourth-order valence-corrected chi connectivity index (χ4v) is 1.52. The zero-order chi connectivity index (χ0) is 12.6. The highest BCUT2D eigenvalue weighted by molar-refractivity contribution is 5.83. The summed E-state index contributed by atoms with van der Waals surface area (Å²) in [7, 11) is 1.42. The monoisotopic (exact) mass is 243 g/mol. The molecule has 90 valence electrons. The third-order valence-corrected chi connectivity index (χ3v) is 2.36. The highest BCUT2D eigenvalue weighted by Gasteiger charge is 2.32. The Labute approximate surface area is 93.8 Å². The van der Waals surface area contributed by atoms with E-state index in [0.29, 0.717) is 5.75 Å². The zero-order valence-corrected chi connectivity index (χ0v) is 8.76. The minimum Gasteiger partial charge on any atom is -0.497 e. The molecule has 6 heteroatoms. The molecule has 17 heavy (non-hydrogen) atoms. The smallest absolute Gasteiger partial charge is 0.431 e. The van der Waals surface area contributed by atoms with Crippen molar-refractivity contribution < 1.29 is 17.9 Å². The Morgan fingerprint density at radius 3 is 2.53 bits per heavy atom. The molecule has 3 nitrogen and oxygen atoms in total. The maximum absolute atomic E-state index is 12.4. The molecule has 0 atom stereocenters. The predicted octanol–water partition coefficient (Wildman–Crippen LogP) is 2.56. The average molecular weight is 243 g/mol. The number of alkyl halides is 3. The molecule has 0 bridgehead atoms. The Morgan fingerprint density at radius 1 is 1.24 bits per heavy atom. The second kappa shape index (κ2) is 3.80. The zero-order valence-electron chi connectivity index (χ0n) is 8.76. The molecule has 0 spiro atoms. The van der Waals surface area contributed by atoms with Gasteiger partial charge in [-0.2, -0.15) is 13.2 Å². The molecule has 0 saturated heterocycles. The molecular formula is C11H8F3NO2. The third kappa shape index (κ3) is 2.11. The quantitative estimate of drug-likeness (QED) is 0.836. The summed E-state index contributed by atoms with van der Waals surface area (Å²) in [6, 6.07) is 5.21. The lowest BCUT2D eigenvalue weighted by Gasteiger charge is -2.08. The Kier molecular flexibility index (Phi) is 2.57. The van der Waals surface area contributed by atoms with E-state index >= 15 is 0 Å². The Balaban J connectivity index is 2.73. The maximum Gasteiger partial charge on any atom is 0.431 e. The normalized spacial score (nSPS) is 11.8. The van der Waals surface area contributed by atoms with Gasteiger partial charge in [-0.3, -0.25) is 4.79 Å². The summed E-state index contributed by atoms with van der Waals surface area (Å²) in [5.41, 5.74) is -1.84. The molecule has 0 amide bonds. The predicted molar refractivity (Wildman–Crippen MR) is 56.1 cm³/mol. The average Bonchev–Trinajstić information content (AvgIpc) is 2.27. The van der Waals surface area contributed by atoms with Crippen molar-refractivity contribution in [3.63, 3.8) is 0 Å². The Morgan fingerprint density at radius 2 is 1.94 bits per heavy atom. The lowest BCUT2D eigenvalue weighted by molar-refractivity contribution is -0.141. The number of ether oxygens (including phenoxy) is 1. The van der Waals surface area contributed by atoms with E-state index in [0.717, 1.165) is 6.07 Å². The van der Waals surface area contributed by atoms with Crippen molar-refractivity contribution in [1.29, 1.82) is 0 Å². The second-order valence-corrected chi connectivity index (χ2v) is 3.46. The van der Waals surface area contributed by atoms with Gasteiger partial charge in [0.25, 0.3) is 5.56 Å². The first-order valence-corrected chi connectivity index (χ1v) is 4.70. The summed E-state index contributed by atoms with van der Waals surface area (Å²) in [5.74, 6) is 0.419. The van der Waals surface area contributed by atoms with Crippen molar-refractivity contribution in [3.8, 4) is 5.75 Å². The fourth-order valence-electron chi connectivity index (χ4n) is 1.52. The summed E-state index contributed by atoms with van der Waals surface area (Å²) in [5, 5.41) is 0.388. The van der Waals surface area contributed by atoms with Crippen LogP contribution in [0.5, 0.6) is 5.75 Å². The molecule has 2 rings (SSSR count). The molecule has 1 heterocycles. The third-order valence-electron chi connectivity index (χ3n) is 2.36. The molecule has 0 radical (unpaired) electrons. The number of pyridine rings is 1. The number of aromatic nitrogens is 1. The van der Waals surface area contributed by atoms with Gasteiger partial charge in [0.1, 0.15) is 11.4 Å². The molecule has 1 aromatic carbocycles. The van der Waals surface area contributed by atoms with Gasteiger partial charge in [0.05, 0.1) is 12.5 Å². The van der Waals surface area contributed by atoms with Gasteiger partial charge in [-0.15, -0.1) is 0 Å². The largest absolute Gasteiger partial charge is 0.497 e. The number of hydrogen-bond donors (Lipinski definition) is 1. The lowest BCUT2D eigenvalue weighted by Crippen LogP contribution is -2.16. The summed E-state index contributed by atoms with van der Waals surface area (Å²) in [6.45, 7) is 0. The van der Waals surface area contributed by atoms with Gasteiger partial charge >= 0.3 is 6.18 Å². The summed E-state index contributed by atoms with van der Waals surface area (Å²) < 4.78 is 42.2. The number of aromatic amines is 1. The number of H-pyrrole nitrogens is 1. The van der Waals surface area contributed by atoms with Gasteiger partial charge < -0.3 is 9.72 Å². The number of nitrogens with one attached hydrogen (secondary N) is 1. The first-order chi connectivity index (χ1) is 7.91. The van der Waals surface area contributed by atoms with Crippen LogP contribution in [0.3, 0.4) is 0 Å². The van der Waals surface area contributed by atoms with E-state index in [4.69, 9.17) is 4.74 Å². The van der Waals surface area contributed by atoms with Crippen molar-refractivity contribution in [2.24, 2.45) is 0 Å². The van der Waals surface area contributed by atoms with Crippen LogP contribution < -0.4 is 10.3 Å². The molecular weight excluding hydrogens is 235 g/mol. The van der Waals surface area contributed by atoms with Crippen LogP contribution in [0.15, 0.2) is 29.1 Å². The van der Waals surface area contributed by atoms with E-state index in [1.54, 1.807) is 4.98 Å². The Hall–Kier alpha value is -1.98. The van der Waals surface area contributed by atoms with Crippen LogP contribution >= 0.6 is 0 Å². The van der Waals surface area contributed by atoms with Crippen molar-refractivity contribution in [3.05, 3.63) is 40.3 Å². The van der Waals surface area contributed by atoms with Crippen LogP contribution in [-0.4, -0.2) is 12.1 Å². The fraction of sp³-hybridized carbons (Fsp3) is 0.182. The minimum atomic E-state index is -4.56. The van der Waals surface area contributed by atoms with Crippen molar-refractivity contribution in [2.45, 2.75) is 6.18 Å². The van der Waals surface area contributed by atoms with E-state index < -0.39 is 17.4 Å². The Bertz CT molecular complexity index is 616. The molecule has 0 unspecified atom stereocenters. The lowest BCUT2D eigenvalue weighted by atomic mass is 10.1. The standard InChI is InChI=1S/C11H8F3NO2/c1-17-7-3-2-6-4-9(11(12,13)14)15-10(16)8(6)5-7/h2-5H,1H3,(H,15,16). The maximum atomic E-state index is 12.4. The highest BCUT2D eigenvalue weighted by atomic mass is 19.4. The van der Waals surface area contributed by atoms with E-state index in [1.807, 2.05) is 0 Å². The topological polar surface area (TPSA) is 42.1 Å². The van der Waals surface area contributed by atoms with Gasteiger partial charge in [-0.25, -0.2) is 0 Å². The SMILES string of the molecule is COc1ccc2cc(C(F)(F)F)[nH]c(=O)c2c1. The van der Waals surface area contributed by atoms with E-state index in [1.165, 1.54) is 25.3 Å². The number of rotatable bonds is 1. The number of methoxy groups -OCH3 is 1. The van der Waals surface area contributed by atoms with Crippen LogP contribution in [0.4, 0.5) is 13.2 Å². The van der Waals surface area contributed by atoms with Crippen LogP contribution in [0.25, 0.3) is 10.8 Å². The first kappa shape index (κ1) is 11.5. The van der Waals surface area contributed by atoms with Crippen LogP contribution in [0.1, 0.15) is 5.69 Å². The molecule has 0 fully saturated rings. The molecule has 0 saturated carbocycles. The highest BCUT2D eigenvalue weighted by Crippen LogP contribution is 2.29. The van der Waals surface area contributed by atoms with Crippen molar-refractivity contribution in [2.75, 3.05) is 7.11 Å². The van der Waals surface area contributed by atoms with Crippen molar-refractivity contribution in [1.82, 2.24) is 4.98 Å². The molecule has 1 aromatic heterocycles. The molecule has 0 aliphatic rings. The van der Waals surface area contributed by atoms with Gasteiger partial charge in [-0.05, 0) is 23.6 Å². The van der Waals surface area contributed by atoms with E-state index in [2.05, 4.69) is 0 Å². The second-order valence-electron chi connectivity index (χ2n) is 3.46. The minimum absolute atomic E-state index is 0.164. The molecule has 0 aliphatic heterocycles. The van der Waals surface area contributed by atoms with Crippen LogP contribution in [-0.2, 0) is 6.18 Å². The number of hydrogen-bond acceptors (Lipinski definition) is 2. The summed E-state index contributed by atoms with van der Waals surface area (Å²) in [6.07, 6.45) is -4.56. The molecule has 1 N–H and O–H groups in total. The van der Waals surface area contributed by atoms with Gasteiger partial charge in [-0.1, -0.05) is 6.07 Å². The van der Waals surface area contributed by atoms with E-state index in [-0.39, 0.29) is 10.8 Å². The van der Waals surface area contributed by atoms with Gasteiger partial charge in [0.2, 0.25) is 0 Å². The summed E-state index contributed by atoms with van der Waals surface area (Å²) >= 11 is 0. The number of halogens is 3. The van der Waals surface area contributed by atoms with Crippen LogP contribution in [0, 0.1) is 0 Å². The van der Waals surface area contributed by atoms with E-state index in [9.17, 15) is 18.0 Å². The van der Waals surface area contributed by atoms with Gasteiger partial charge in [0.15, 0.2) is 0 Å². The first-order valence-electron chi connectivity index (χ1n) is 4.70. The molecule has 2 aromatic rings. The van der Waals surface area contributed by atoms with Crippen LogP contribution in [0.2, 0.25) is 0 Å². The van der Waals surface area contributed by atoms with Crippen molar-refractivity contribution >= 4 is 10.8 Å². The molecule has 0 aliphatic carbocycles.